The van der Waals surface area contributed by atoms with Crippen LogP contribution in [0.4, 0.5) is 4.79 Å². The summed E-state index contributed by atoms with van der Waals surface area (Å²) >= 11 is 0. The number of nitrogens with zero attached hydrogens (tertiary/aromatic N) is 1. The number of hydrogen-bond acceptors (Lipinski definition) is 2. The van der Waals surface area contributed by atoms with Gasteiger partial charge in [-0.1, -0.05) is 30.3 Å². The van der Waals surface area contributed by atoms with Crippen molar-refractivity contribution in [2.45, 2.75) is 6.54 Å². The van der Waals surface area contributed by atoms with Crippen molar-refractivity contribution in [2.24, 2.45) is 0 Å². The van der Waals surface area contributed by atoms with Crippen molar-refractivity contribution in [3.8, 4) is 0 Å². The van der Waals surface area contributed by atoms with E-state index in [2.05, 4.69) is 5.32 Å². The molecule has 0 bridgehead atoms. The van der Waals surface area contributed by atoms with Gasteiger partial charge in [-0.25, -0.2) is 4.79 Å². The summed E-state index contributed by atoms with van der Waals surface area (Å²) in [4.78, 5) is 23.5. The van der Waals surface area contributed by atoms with E-state index in [-0.39, 0.29) is 69.9 Å². The van der Waals surface area contributed by atoms with Gasteiger partial charge in [-0.15, -0.1) is 0 Å². The van der Waals surface area contributed by atoms with E-state index in [0.717, 1.165) is 5.56 Å². The summed E-state index contributed by atoms with van der Waals surface area (Å²) in [7, 11) is 0. The minimum atomic E-state index is -0.307. The molecule has 0 aromatic heterocycles. The van der Waals surface area contributed by atoms with Crippen LogP contribution in [-0.2, 0) is 11.3 Å². The summed E-state index contributed by atoms with van der Waals surface area (Å²) in [5.74, 6) is -0.231. The Morgan fingerprint density at radius 3 is 2.40 bits per heavy atom. The van der Waals surface area contributed by atoms with Gasteiger partial charge in [0.05, 0.1) is 0 Å². The zero-order valence-electron chi connectivity index (χ0n) is 7.56. The molecule has 3 amide bonds. The zero-order valence-corrected chi connectivity index (χ0v) is 7.56. The molecule has 1 heterocycles. The van der Waals surface area contributed by atoms with Crippen molar-refractivity contribution in [2.75, 3.05) is 6.54 Å². The van der Waals surface area contributed by atoms with E-state index in [1.54, 1.807) is 0 Å². The molecule has 0 aliphatic carbocycles. The van der Waals surface area contributed by atoms with Crippen molar-refractivity contribution >= 4 is 63.3 Å². The van der Waals surface area contributed by atoms with Gasteiger partial charge in [-0.2, -0.15) is 0 Å². The van der Waals surface area contributed by atoms with Gasteiger partial charge in [0.2, 0.25) is 5.91 Å². The number of imide groups is 1. The maximum absolute atomic E-state index is 11.2. The molecule has 15 heavy (non-hydrogen) atoms. The van der Waals surface area contributed by atoms with E-state index in [9.17, 15) is 9.59 Å². The number of benzene rings is 1. The van der Waals surface area contributed by atoms with Gasteiger partial charge in [0.15, 0.2) is 0 Å². The van der Waals surface area contributed by atoms with Crippen LogP contribution < -0.4 is 5.32 Å². The van der Waals surface area contributed by atoms with E-state index < -0.39 is 0 Å². The Balaban J connectivity index is 0.00000112. The standard InChI is InChI=1S/C10H10N2O2.K.H/c13-9-7-12(10(14)11-9)6-8-4-2-1-3-5-8;;/h1-5H,6-7H2,(H,11,13,14);;. The van der Waals surface area contributed by atoms with Crippen LogP contribution in [0.3, 0.4) is 0 Å². The third-order valence-electron chi connectivity index (χ3n) is 2.08. The fraction of sp³-hybridized carbons (Fsp3) is 0.200. The molecule has 0 saturated carbocycles. The van der Waals surface area contributed by atoms with Gasteiger partial charge < -0.3 is 4.90 Å². The summed E-state index contributed by atoms with van der Waals surface area (Å²) in [5, 5.41) is 2.24. The second-order valence-corrected chi connectivity index (χ2v) is 3.19. The average molecular weight is 230 g/mol. The van der Waals surface area contributed by atoms with Crippen molar-refractivity contribution in [1.29, 1.82) is 0 Å². The molecule has 0 unspecified atom stereocenters. The fourth-order valence-electron chi connectivity index (χ4n) is 1.41. The number of carbonyl (C=O) groups excluding carboxylic acids is 2. The number of amides is 3. The molecule has 1 aromatic rings. The molecule has 1 fully saturated rings. The van der Waals surface area contributed by atoms with E-state index in [4.69, 9.17) is 0 Å². The Morgan fingerprint density at radius 2 is 1.87 bits per heavy atom. The molecule has 0 radical (unpaired) electrons. The van der Waals surface area contributed by atoms with Crippen LogP contribution in [0.1, 0.15) is 5.56 Å². The molecule has 1 aliphatic rings. The van der Waals surface area contributed by atoms with Gasteiger partial charge in [-0.05, 0) is 5.56 Å². The summed E-state index contributed by atoms with van der Waals surface area (Å²) in [6.45, 7) is 0.645. The number of urea groups is 1. The molecule has 5 heteroatoms. The van der Waals surface area contributed by atoms with Crippen LogP contribution in [0.15, 0.2) is 30.3 Å². The topological polar surface area (TPSA) is 49.4 Å². The maximum atomic E-state index is 11.2. The normalized spacial score (nSPS) is 14.8. The molecule has 0 spiro atoms. The zero-order chi connectivity index (χ0) is 9.97. The molecular formula is C10H11KN2O2. The van der Waals surface area contributed by atoms with Gasteiger partial charge in [0, 0.05) is 6.54 Å². The molecule has 1 aromatic carbocycles. The van der Waals surface area contributed by atoms with Crippen molar-refractivity contribution in [3.63, 3.8) is 0 Å². The fourth-order valence-corrected chi connectivity index (χ4v) is 1.41. The minimum absolute atomic E-state index is 0. The molecule has 74 valence electrons. The van der Waals surface area contributed by atoms with Gasteiger partial charge in [0.25, 0.3) is 0 Å². The third-order valence-corrected chi connectivity index (χ3v) is 2.08. The van der Waals surface area contributed by atoms with Crippen LogP contribution in [0.5, 0.6) is 0 Å². The number of carbonyl (C=O) groups is 2. The van der Waals surface area contributed by atoms with Crippen LogP contribution in [0, 0.1) is 0 Å². The predicted molar refractivity (Wildman–Crippen MR) is 57.5 cm³/mol. The monoisotopic (exact) mass is 230 g/mol. The number of rotatable bonds is 2. The Kier molecular flexibility index (Phi) is 4.94. The Bertz CT molecular complexity index is 367. The molecule has 0 atom stereocenters. The molecule has 1 saturated heterocycles. The summed E-state index contributed by atoms with van der Waals surface area (Å²) in [6, 6.07) is 9.28. The van der Waals surface area contributed by atoms with Crippen molar-refractivity contribution in [1.82, 2.24) is 10.2 Å². The van der Waals surface area contributed by atoms with E-state index >= 15 is 0 Å². The number of hydrogen-bond donors (Lipinski definition) is 1. The van der Waals surface area contributed by atoms with Crippen molar-refractivity contribution < 1.29 is 9.59 Å². The van der Waals surface area contributed by atoms with Gasteiger partial charge in [-0.3, -0.25) is 10.1 Å². The second-order valence-electron chi connectivity index (χ2n) is 3.19. The summed E-state index contributed by atoms with van der Waals surface area (Å²) in [6.07, 6.45) is 0. The predicted octanol–water partition coefficient (Wildman–Crippen LogP) is 0.0899. The number of nitrogens with one attached hydrogen (secondary N) is 1. The molecule has 1 aliphatic heterocycles. The van der Waals surface area contributed by atoms with E-state index in [1.807, 2.05) is 30.3 Å². The summed E-state index contributed by atoms with van der Waals surface area (Å²) in [5.41, 5.74) is 1.03. The molecule has 2 rings (SSSR count). The van der Waals surface area contributed by atoms with Crippen molar-refractivity contribution in [3.05, 3.63) is 35.9 Å². The summed E-state index contributed by atoms with van der Waals surface area (Å²) < 4.78 is 0. The van der Waals surface area contributed by atoms with Crippen LogP contribution in [-0.4, -0.2) is 74.8 Å². The molecule has 4 nitrogen and oxygen atoms in total. The third kappa shape index (κ3) is 3.39. The van der Waals surface area contributed by atoms with Crippen LogP contribution in [0.2, 0.25) is 0 Å². The van der Waals surface area contributed by atoms with Crippen LogP contribution in [0.25, 0.3) is 0 Å². The Morgan fingerprint density at radius 1 is 1.20 bits per heavy atom. The molecular weight excluding hydrogens is 219 g/mol. The van der Waals surface area contributed by atoms with Crippen LogP contribution >= 0.6 is 0 Å². The quantitative estimate of drug-likeness (QED) is 0.578. The average Bonchev–Trinajstić information content (AvgIpc) is 2.47. The van der Waals surface area contributed by atoms with Gasteiger partial charge >= 0.3 is 57.4 Å². The first kappa shape index (κ1) is 12.9. The molecule has 1 N–H and O–H groups in total. The SMILES string of the molecule is O=C1CN(Cc2ccccc2)C(=O)N1.[KH]. The first-order valence-corrected chi connectivity index (χ1v) is 4.38. The Labute approximate surface area is 130 Å². The second kappa shape index (κ2) is 5.76. The first-order valence-electron chi connectivity index (χ1n) is 4.38. The van der Waals surface area contributed by atoms with E-state index in [1.165, 1.54) is 4.90 Å². The van der Waals surface area contributed by atoms with Gasteiger partial charge in [0.1, 0.15) is 6.54 Å². The van der Waals surface area contributed by atoms with E-state index in [0.29, 0.717) is 6.54 Å². The first-order chi connectivity index (χ1) is 6.75. The Hall–Kier alpha value is -0.204.